The minimum atomic E-state index is -1.93. The van der Waals surface area contributed by atoms with Crippen molar-refractivity contribution in [3.8, 4) is 0 Å². The second-order valence-corrected chi connectivity index (χ2v) is 80.9. The van der Waals surface area contributed by atoms with Crippen molar-refractivity contribution in [2.45, 2.75) is 25.3 Å². The molecule has 1 atom stereocenters. The van der Waals surface area contributed by atoms with Crippen LogP contribution in [-0.2, 0) is 0 Å². The van der Waals surface area contributed by atoms with Crippen molar-refractivity contribution >= 4 is 60.3 Å². The molecule has 2 aliphatic rings. The van der Waals surface area contributed by atoms with E-state index in [0.29, 0.717) is 6.04 Å². The monoisotopic (exact) mass is 598 g/mol. The van der Waals surface area contributed by atoms with Crippen LogP contribution in [0.25, 0.3) is 10.6 Å². The van der Waals surface area contributed by atoms with Gasteiger partial charge in [-0.25, -0.2) is 0 Å². The molecule has 0 amide bonds. The van der Waals surface area contributed by atoms with E-state index in [4.69, 9.17) is 0 Å². The Bertz CT molecular complexity index is 277. The maximum absolute atomic E-state index is 4.56. The zero-order valence-corrected chi connectivity index (χ0v) is 18.4. The van der Waals surface area contributed by atoms with E-state index in [1.54, 1.807) is 0 Å². The molecule has 7 heteroatoms. The van der Waals surface area contributed by atoms with Gasteiger partial charge in [0.1, 0.15) is 0 Å². The van der Waals surface area contributed by atoms with E-state index in [1.165, 1.54) is 25.0 Å². The molecule has 17 heavy (non-hydrogen) atoms. The first-order valence-electron chi connectivity index (χ1n) is 5.43. The van der Waals surface area contributed by atoms with Crippen molar-refractivity contribution in [2.24, 2.45) is 0 Å². The number of piperidine rings is 1. The van der Waals surface area contributed by atoms with Gasteiger partial charge >= 0.3 is 60.3 Å². The first kappa shape index (κ1) is 17.0. The summed E-state index contributed by atoms with van der Waals surface area (Å²) >= 11 is 13.3. The number of rotatable bonds is 1. The molecular weight excluding hydrogens is 586 g/mol. The Balaban J connectivity index is 0.000000249. The predicted molar refractivity (Wildman–Crippen MR) is 92.8 cm³/mol. The zero-order chi connectivity index (χ0) is 12.7. The summed E-state index contributed by atoms with van der Waals surface area (Å²) in [6, 6.07) is 0.406. The van der Waals surface area contributed by atoms with Crippen LogP contribution in [0.1, 0.15) is 19.3 Å². The van der Waals surface area contributed by atoms with E-state index in [2.05, 4.69) is 79.7 Å². The quantitative estimate of drug-likeness (QED) is 0.344. The Labute approximate surface area is 131 Å². The van der Waals surface area contributed by atoms with Crippen molar-refractivity contribution in [1.29, 1.82) is 0 Å². The number of hydrogen-bond acceptors (Lipinski definition) is 0. The molecule has 2 nitrogen and oxygen atoms in total. The van der Waals surface area contributed by atoms with Gasteiger partial charge in [0.2, 0.25) is 0 Å². The van der Waals surface area contributed by atoms with E-state index in [-0.39, 0.29) is 0 Å². The van der Waals surface area contributed by atoms with Gasteiger partial charge < -0.3 is 10.6 Å². The van der Waals surface area contributed by atoms with Gasteiger partial charge in [-0.15, -0.1) is 25.2 Å². The average Bonchev–Trinajstić information content (AvgIpc) is 2.29. The predicted octanol–water partition coefficient (Wildman–Crippen LogP) is 5.74. The van der Waals surface area contributed by atoms with E-state index < -0.39 is 9.49 Å². The van der Waals surface area contributed by atoms with Crippen LogP contribution in [0.15, 0.2) is 23.9 Å². The second-order valence-electron chi connectivity index (χ2n) is 3.71. The molecule has 1 fully saturated rings. The molecule has 0 aromatic rings. The fraction of sp³-hybridized carbons (Fsp3) is 0.600. The molecule has 2 aliphatic heterocycles. The van der Waals surface area contributed by atoms with Crippen LogP contribution in [-0.4, -0.2) is 28.6 Å². The van der Waals surface area contributed by atoms with Crippen LogP contribution < -0.4 is 0 Å². The van der Waals surface area contributed by atoms with Crippen molar-refractivity contribution in [3.05, 3.63) is 34.6 Å². The Morgan fingerprint density at radius 3 is 2.35 bits per heavy atom. The third-order valence-electron chi connectivity index (χ3n) is 2.36. The van der Waals surface area contributed by atoms with Crippen LogP contribution >= 0.6 is 50.8 Å². The molecule has 0 saturated carbocycles. The standard InChI is InChI=1S/C10H14N2.4BrH.Sn/c1-3-7-11-9(5-1)10-6-2-4-8-12-10;;;;;/h1,3,5,10H,2,4,6-8H2;4*1H;/q-2;;;;;+4/p-4. The van der Waals surface area contributed by atoms with Crippen molar-refractivity contribution in [2.75, 3.05) is 13.1 Å². The van der Waals surface area contributed by atoms with Gasteiger partial charge in [-0.1, -0.05) is 31.4 Å². The van der Waals surface area contributed by atoms with Gasteiger partial charge in [0.15, 0.2) is 0 Å². The van der Waals surface area contributed by atoms with E-state index in [9.17, 15) is 0 Å². The molecule has 1 saturated heterocycles. The summed E-state index contributed by atoms with van der Waals surface area (Å²) < 4.78 is 0. The van der Waals surface area contributed by atoms with E-state index in [1.807, 2.05) is 0 Å². The zero-order valence-electron chi connectivity index (χ0n) is 9.25. The van der Waals surface area contributed by atoms with Crippen LogP contribution in [0.2, 0.25) is 0 Å². The third-order valence-corrected chi connectivity index (χ3v) is 2.36. The Morgan fingerprint density at radius 1 is 1.18 bits per heavy atom. The average molecular weight is 601 g/mol. The summed E-state index contributed by atoms with van der Waals surface area (Å²) in [6.45, 7) is 1.87. The minimum absolute atomic E-state index is 0.406. The van der Waals surface area contributed by atoms with Gasteiger partial charge in [0.05, 0.1) is 0 Å². The van der Waals surface area contributed by atoms with Crippen molar-refractivity contribution in [3.63, 3.8) is 0 Å². The Morgan fingerprint density at radius 2 is 1.88 bits per heavy atom. The number of hydrogen-bond donors (Lipinski definition) is 0. The summed E-state index contributed by atoms with van der Waals surface area (Å²) in [5.41, 5.74) is 1.19. The normalized spacial score (nSPS) is 24.2. The summed E-state index contributed by atoms with van der Waals surface area (Å²) in [7, 11) is -1.93. The fourth-order valence-corrected chi connectivity index (χ4v) is 1.68. The molecule has 0 radical (unpaired) electrons. The SMILES string of the molecule is C1=CC[N-]C(C2CCCC[N-]2)=C1.[Br][Sn]([Br])([Br])[Br]. The molecule has 0 spiro atoms. The first-order valence-corrected chi connectivity index (χ1v) is 31.0. The number of nitrogens with zero attached hydrogens (tertiary/aromatic N) is 2. The van der Waals surface area contributed by atoms with E-state index in [0.717, 1.165) is 13.1 Å². The van der Waals surface area contributed by atoms with Crippen molar-refractivity contribution in [1.82, 2.24) is 0 Å². The molecule has 0 aromatic carbocycles. The molecule has 2 rings (SSSR count). The summed E-state index contributed by atoms with van der Waals surface area (Å²) in [5, 5.41) is 8.99. The van der Waals surface area contributed by atoms with Crippen LogP contribution in [0.4, 0.5) is 0 Å². The van der Waals surface area contributed by atoms with Crippen molar-refractivity contribution < 1.29 is 0 Å². The summed E-state index contributed by atoms with van der Waals surface area (Å²) in [5.74, 6) is 0. The van der Waals surface area contributed by atoms with Crippen LogP contribution in [0, 0.1) is 0 Å². The third kappa shape index (κ3) is 9.49. The van der Waals surface area contributed by atoms with Gasteiger partial charge in [-0.3, -0.25) is 0 Å². The molecule has 98 valence electrons. The molecule has 2 heterocycles. The van der Waals surface area contributed by atoms with E-state index >= 15 is 0 Å². The number of allylic oxidation sites excluding steroid dienone is 2. The molecular formula is C10H14Br4N2Sn-2. The summed E-state index contributed by atoms with van der Waals surface area (Å²) in [6.07, 6.45) is 10.0. The van der Waals surface area contributed by atoms with Crippen LogP contribution in [0.3, 0.4) is 0 Å². The Kier molecular flexibility index (Phi) is 9.00. The van der Waals surface area contributed by atoms with Gasteiger partial charge in [0.25, 0.3) is 0 Å². The summed E-state index contributed by atoms with van der Waals surface area (Å²) in [4.78, 5) is 0. The molecule has 0 aliphatic carbocycles. The fourth-order valence-electron chi connectivity index (χ4n) is 1.68. The van der Waals surface area contributed by atoms with Gasteiger partial charge in [-0.2, -0.15) is 5.70 Å². The first-order chi connectivity index (χ1) is 7.97. The molecule has 0 bridgehead atoms. The Hall–Kier alpha value is 1.96. The topological polar surface area (TPSA) is 28.2 Å². The number of halogens is 4. The maximum atomic E-state index is 4.56. The van der Waals surface area contributed by atoms with Gasteiger partial charge in [0, 0.05) is 0 Å². The second kappa shape index (κ2) is 9.00. The van der Waals surface area contributed by atoms with Gasteiger partial charge in [-0.05, 0) is 0 Å². The molecule has 0 N–H and O–H groups in total. The molecule has 0 aromatic heterocycles. The van der Waals surface area contributed by atoms with Crippen LogP contribution in [0.5, 0.6) is 0 Å². The molecule has 1 unspecified atom stereocenters.